The van der Waals surface area contributed by atoms with E-state index in [1.807, 2.05) is 0 Å². The molecule has 0 radical (unpaired) electrons. The van der Waals surface area contributed by atoms with Crippen LogP contribution in [-0.4, -0.2) is 77.9 Å². The molecule has 1 saturated heterocycles. The number of methoxy groups -OCH3 is 1. The molecule has 0 aromatic heterocycles. The third-order valence-corrected chi connectivity index (χ3v) is 7.76. The van der Waals surface area contributed by atoms with Gasteiger partial charge < -0.3 is 19.1 Å². The zero-order valence-electron chi connectivity index (χ0n) is 21.9. The number of hydrazone groups is 1. The van der Waals surface area contributed by atoms with E-state index in [1.54, 1.807) is 65.6 Å². The van der Waals surface area contributed by atoms with Crippen LogP contribution < -0.4 is 19.2 Å². The molecule has 4 rings (SSSR count). The topological polar surface area (TPSA) is 127 Å². The highest BCUT2D eigenvalue weighted by molar-refractivity contribution is 7.92. The first-order valence-corrected chi connectivity index (χ1v) is 13.9. The molecule has 0 saturated carbocycles. The summed E-state index contributed by atoms with van der Waals surface area (Å²) in [5.41, 5.74) is 3.31. The highest BCUT2D eigenvalue weighted by Crippen LogP contribution is 2.26. The number of amides is 2. The van der Waals surface area contributed by atoms with Gasteiger partial charge in [-0.25, -0.2) is 13.8 Å². The molecule has 210 valence electrons. The van der Waals surface area contributed by atoms with Gasteiger partial charge in [0, 0.05) is 19.2 Å². The third kappa shape index (κ3) is 7.58. The van der Waals surface area contributed by atoms with Crippen LogP contribution in [0.5, 0.6) is 11.5 Å². The summed E-state index contributed by atoms with van der Waals surface area (Å²) in [5.74, 6) is 0.221. The highest BCUT2D eigenvalue weighted by Gasteiger charge is 2.27. The number of hydrogen-bond acceptors (Lipinski definition) is 8. The molecule has 40 heavy (non-hydrogen) atoms. The zero-order valence-corrected chi connectivity index (χ0v) is 22.7. The summed E-state index contributed by atoms with van der Waals surface area (Å²) in [6.45, 7) is 1.58. The highest BCUT2D eigenvalue weighted by atomic mass is 32.2. The molecule has 3 aromatic carbocycles. The monoisotopic (exact) mass is 566 g/mol. The van der Waals surface area contributed by atoms with Gasteiger partial charge in [0.15, 0.2) is 6.61 Å². The number of anilines is 1. The van der Waals surface area contributed by atoms with Crippen molar-refractivity contribution in [2.75, 3.05) is 50.9 Å². The molecule has 1 aliphatic rings. The van der Waals surface area contributed by atoms with Gasteiger partial charge >= 0.3 is 0 Å². The van der Waals surface area contributed by atoms with Crippen LogP contribution in [0.15, 0.2) is 88.9 Å². The zero-order chi connectivity index (χ0) is 28.4. The quantitative estimate of drug-likeness (QED) is 0.279. The summed E-state index contributed by atoms with van der Waals surface area (Å²) in [6.07, 6.45) is 1.42. The van der Waals surface area contributed by atoms with E-state index in [9.17, 15) is 18.0 Å². The molecular weight excluding hydrogens is 536 g/mol. The fraction of sp³-hybridized carbons (Fsp3) is 0.250. The van der Waals surface area contributed by atoms with Crippen molar-refractivity contribution in [3.8, 4) is 11.5 Å². The summed E-state index contributed by atoms with van der Waals surface area (Å²) in [4.78, 5) is 26.7. The minimum absolute atomic E-state index is 0.0445. The van der Waals surface area contributed by atoms with Crippen LogP contribution in [0.1, 0.15) is 5.56 Å². The molecular formula is C28H30N4O7S. The van der Waals surface area contributed by atoms with Crippen molar-refractivity contribution in [1.82, 2.24) is 10.3 Å². The Morgan fingerprint density at radius 3 is 2.42 bits per heavy atom. The Hall–Kier alpha value is -4.42. The minimum Gasteiger partial charge on any atom is -0.497 e. The lowest BCUT2D eigenvalue weighted by Crippen LogP contribution is -2.42. The van der Waals surface area contributed by atoms with Crippen LogP contribution in [-0.2, 0) is 24.3 Å². The van der Waals surface area contributed by atoms with E-state index in [-0.39, 0.29) is 23.1 Å². The molecule has 1 fully saturated rings. The van der Waals surface area contributed by atoms with E-state index in [0.717, 1.165) is 4.31 Å². The fourth-order valence-corrected chi connectivity index (χ4v) is 5.28. The van der Waals surface area contributed by atoms with E-state index < -0.39 is 22.5 Å². The largest absolute Gasteiger partial charge is 0.497 e. The van der Waals surface area contributed by atoms with E-state index >= 15 is 0 Å². The van der Waals surface area contributed by atoms with Gasteiger partial charge in [-0.2, -0.15) is 5.10 Å². The molecule has 1 N–H and O–H groups in total. The van der Waals surface area contributed by atoms with Crippen LogP contribution in [0.2, 0.25) is 0 Å². The number of sulfonamides is 1. The van der Waals surface area contributed by atoms with Gasteiger partial charge in [0.25, 0.3) is 21.8 Å². The van der Waals surface area contributed by atoms with Crippen LogP contribution in [0.25, 0.3) is 0 Å². The average Bonchev–Trinajstić information content (AvgIpc) is 3.00. The first-order valence-electron chi connectivity index (χ1n) is 12.5. The number of benzene rings is 3. The predicted octanol–water partition coefficient (Wildman–Crippen LogP) is 2.28. The summed E-state index contributed by atoms with van der Waals surface area (Å²) in [6, 6.07) is 21.1. The molecule has 0 bridgehead atoms. The Kier molecular flexibility index (Phi) is 9.71. The summed E-state index contributed by atoms with van der Waals surface area (Å²) in [5, 5.41) is 3.96. The summed E-state index contributed by atoms with van der Waals surface area (Å²) < 4.78 is 43.9. The Balaban J connectivity index is 1.37. The van der Waals surface area contributed by atoms with Gasteiger partial charge in [0.05, 0.1) is 37.1 Å². The Bertz CT molecular complexity index is 1420. The summed E-state index contributed by atoms with van der Waals surface area (Å²) in [7, 11) is -2.58. The fourth-order valence-electron chi connectivity index (χ4n) is 3.84. The van der Waals surface area contributed by atoms with Crippen molar-refractivity contribution < 1.29 is 32.2 Å². The van der Waals surface area contributed by atoms with E-state index in [1.165, 1.54) is 31.5 Å². The number of carbonyl (C=O) groups is 2. The van der Waals surface area contributed by atoms with Gasteiger partial charge in [-0.3, -0.25) is 13.9 Å². The number of carbonyl (C=O) groups excluding carboxylic acids is 2. The van der Waals surface area contributed by atoms with Gasteiger partial charge in [-0.05, 0) is 54.1 Å². The number of morpholine rings is 1. The maximum Gasteiger partial charge on any atom is 0.264 e. The lowest BCUT2D eigenvalue weighted by Gasteiger charge is -2.26. The predicted molar refractivity (Wildman–Crippen MR) is 149 cm³/mol. The normalized spacial score (nSPS) is 13.6. The van der Waals surface area contributed by atoms with Crippen molar-refractivity contribution >= 4 is 33.7 Å². The smallest absolute Gasteiger partial charge is 0.264 e. The lowest BCUT2D eigenvalue weighted by molar-refractivity contribution is -0.137. The molecule has 12 heteroatoms. The van der Waals surface area contributed by atoms with Gasteiger partial charge in [0.1, 0.15) is 18.0 Å². The number of rotatable bonds is 11. The van der Waals surface area contributed by atoms with E-state index in [4.69, 9.17) is 14.2 Å². The Morgan fingerprint density at radius 1 is 1.00 bits per heavy atom. The molecule has 11 nitrogen and oxygen atoms in total. The van der Waals surface area contributed by atoms with Crippen molar-refractivity contribution in [2.24, 2.45) is 5.10 Å². The van der Waals surface area contributed by atoms with Gasteiger partial charge in [-0.1, -0.05) is 24.3 Å². The Morgan fingerprint density at radius 2 is 1.73 bits per heavy atom. The Labute approximate surface area is 233 Å². The van der Waals surface area contributed by atoms with Crippen LogP contribution in [0, 0.1) is 0 Å². The standard InChI is InChI=1S/C28H30N4O7S/c1-37-25-7-5-6-23(18-25)32(40(35,36)26-8-3-2-4-9-26)20-27(33)30-29-19-22-10-12-24(13-11-22)39-21-28(34)31-14-16-38-17-15-31/h2-13,18-19H,14-17,20-21H2,1H3,(H,30,33)/b29-19-. The molecule has 3 aromatic rings. The van der Waals surface area contributed by atoms with Crippen LogP contribution >= 0.6 is 0 Å². The third-order valence-electron chi connectivity index (χ3n) is 5.97. The minimum atomic E-state index is -4.06. The van der Waals surface area contributed by atoms with Crippen LogP contribution in [0.4, 0.5) is 5.69 Å². The number of hydrogen-bond donors (Lipinski definition) is 1. The van der Waals surface area contributed by atoms with Crippen molar-refractivity contribution in [3.05, 3.63) is 84.4 Å². The van der Waals surface area contributed by atoms with E-state index in [0.29, 0.717) is 43.4 Å². The number of nitrogens with one attached hydrogen (secondary N) is 1. The van der Waals surface area contributed by atoms with Gasteiger partial charge in [-0.15, -0.1) is 0 Å². The first-order chi connectivity index (χ1) is 19.4. The first kappa shape index (κ1) is 28.6. The maximum absolute atomic E-state index is 13.4. The molecule has 0 spiro atoms. The maximum atomic E-state index is 13.4. The number of ether oxygens (including phenoxy) is 3. The van der Waals surface area contributed by atoms with Crippen molar-refractivity contribution in [3.63, 3.8) is 0 Å². The second kappa shape index (κ2) is 13.6. The van der Waals surface area contributed by atoms with Crippen molar-refractivity contribution in [2.45, 2.75) is 4.90 Å². The second-order valence-corrected chi connectivity index (χ2v) is 10.5. The SMILES string of the molecule is COc1cccc(N(CC(=O)N/N=C\c2ccc(OCC(=O)N3CCOCC3)cc2)S(=O)(=O)c2ccccc2)c1. The van der Waals surface area contributed by atoms with Gasteiger partial charge in [0.2, 0.25) is 0 Å². The summed E-state index contributed by atoms with van der Waals surface area (Å²) >= 11 is 0. The van der Waals surface area contributed by atoms with Crippen molar-refractivity contribution in [1.29, 1.82) is 0 Å². The molecule has 0 aliphatic carbocycles. The lowest BCUT2D eigenvalue weighted by atomic mass is 10.2. The molecule has 0 unspecified atom stereocenters. The van der Waals surface area contributed by atoms with E-state index in [2.05, 4.69) is 10.5 Å². The second-order valence-electron chi connectivity index (χ2n) is 8.67. The molecule has 2 amide bonds. The molecule has 1 aliphatic heterocycles. The number of nitrogens with zero attached hydrogens (tertiary/aromatic N) is 3. The molecule has 1 heterocycles. The average molecular weight is 567 g/mol. The molecule has 0 atom stereocenters. The van der Waals surface area contributed by atoms with Crippen LogP contribution in [0.3, 0.4) is 0 Å².